The normalized spacial score (nSPS) is 12.4. The number of hydrogen-bond donors (Lipinski definition) is 1. The third-order valence-corrected chi connectivity index (χ3v) is 7.60. The molecule has 0 amide bonds. The van der Waals surface area contributed by atoms with Gasteiger partial charge in [0.05, 0.1) is 16.7 Å². The van der Waals surface area contributed by atoms with Gasteiger partial charge < -0.3 is 9.67 Å². The standard InChI is InChI=1S/C36H42N4O/c1-22(2)17-23-18-24(20-25(19-23)28-14-10-11-16-37-28)26-13-12-15-29-31(26)39-34(40(29)9)32-33(41)27(35(3,4)5)21-30(38-32)36(6,7)8/h10-16,18-22,41H,17H2,1-9H3. The summed E-state index contributed by atoms with van der Waals surface area (Å²) in [6.07, 6.45) is 2.82. The highest BCUT2D eigenvalue weighted by molar-refractivity contribution is 5.95. The Balaban J connectivity index is 1.75. The van der Waals surface area contributed by atoms with Crippen LogP contribution in [0.15, 0.2) is 66.9 Å². The van der Waals surface area contributed by atoms with Gasteiger partial charge in [0.1, 0.15) is 11.4 Å². The summed E-state index contributed by atoms with van der Waals surface area (Å²) >= 11 is 0. The Morgan fingerprint density at radius 2 is 1.56 bits per heavy atom. The average Bonchev–Trinajstić information content (AvgIpc) is 3.23. The summed E-state index contributed by atoms with van der Waals surface area (Å²) in [6.45, 7) is 17.3. The van der Waals surface area contributed by atoms with Crippen molar-refractivity contribution in [3.8, 4) is 39.7 Å². The molecule has 0 aliphatic carbocycles. The summed E-state index contributed by atoms with van der Waals surface area (Å²) in [4.78, 5) is 14.8. The van der Waals surface area contributed by atoms with Gasteiger partial charge in [-0.15, -0.1) is 0 Å². The highest BCUT2D eigenvalue weighted by Crippen LogP contribution is 2.41. The highest BCUT2D eigenvalue weighted by atomic mass is 16.3. The van der Waals surface area contributed by atoms with Gasteiger partial charge in [-0.1, -0.05) is 79.7 Å². The zero-order valence-electron chi connectivity index (χ0n) is 25.9. The van der Waals surface area contributed by atoms with Gasteiger partial charge in [0.2, 0.25) is 0 Å². The molecule has 0 saturated heterocycles. The summed E-state index contributed by atoms with van der Waals surface area (Å²) in [7, 11) is 2.00. The molecule has 1 N–H and O–H groups in total. The quantitative estimate of drug-likeness (QED) is 0.239. The number of fused-ring (bicyclic) bond motifs is 1. The maximum atomic E-state index is 11.6. The van der Waals surface area contributed by atoms with E-state index in [1.165, 1.54) is 5.56 Å². The molecule has 3 aromatic heterocycles. The van der Waals surface area contributed by atoms with E-state index >= 15 is 0 Å². The fourth-order valence-corrected chi connectivity index (χ4v) is 5.43. The van der Waals surface area contributed by atoms with Gasteiger partial charge in [-0.2, -0.15) is 0 Å². The van der Waals surface area contributed by atoms with Crippen LogP contribution in [0.5, 0.6) is 5.75 Å². The number of aryl methyl sites for hydroxylation is 1. The van der Waals surface area contributed by atoms with Gasteiger partial charge in [0.15, 0.2) is 5.82 Å². The Hall–Kier alpha value is -3.99. The Morgan fingerprint density at radius 3 is 2.20 bits per heavy atom. The molecule has 2 aromatic carbocycles. The van der Waals surface area contributed by atoms with Crippen molar-refractivity contribution in [1.82, 2.24) is 19.5 Å². The summed E-state index contributed by atoms with van der Waals surface area (Å²) < 4.78 is 2.05. The number of hydrogen-bond acceptors (Lipinski definition) is 4. The zero-order chi connectivity index (χ0) is 29.7. The molecule has 0 unspecified atom stereocenters. The molecule has 0 aliphatic heterocycles. The summed E-state index contributed by atoms with van der Waals surface area (Å²) in [5, 5.41) is 11.6. The molecule has 0 aliphatic rings. The van der Waals surface area contributed by atoms with E-state index in [0.29, 0.717) is 17.4 Å². The lowest BCUT2D eigenvalue weighted by Crippen LogP contribution is -2.19. The number of imidazole rings is 1. The third kappa shape index (κ3) is 5.63. The largest absolute Gasteiger partial charge is 0.505 e. The second kappa shape index (κ2) is 10.4. The minimum atomic E-state index is -0.254. The van der Waals surface area contributed by atoms with Crippen LogP contribution in [0, 0.1) is 5.92 Å². The maximum absolute atomic E-state index is 11.6. The number of rotatable bonds is 5. The Morgan fingerprint density at radius 1 is 0.829 bits per heavy atom. The van der Waals surface area contributed by atoms with Crippen LogP contribution in [0.2, 0.25) is 0 Å². The van der Waals surface area contributed by atoms with Gasteiger partial charge >= 0.3 is 0 Å². The number of pyridine rings is 2. The fraction of sp³-hybridized carbons (Fsp3) is 0.361. The van der Waals surface area contributed by atoms with Crippen molar-refractivity contribution in [3.63, 3.8) is 0 Å². The van der Waals surface area contributed by atoms with E-state index in [-0.39, 0.29) is 16.6 Å². The van der Waals surface area contributed by atoms with Gasteiger partial charge in [-0.3, -0.25) is 4.98 Å². The van der Waals surface area contributed by atoms with Crippen LogP contribution in [0.3, 0.4) is 0 Å². The van der Waals surface area contributed by atoms with Crippen LogP contribution < -0.4 is 0 Å². The molecule has 3 heterocycles. The summed E-state index contributed by atoms with van der Waals surface area (Å²) in [5.74, 6) is 1.38. The van der Waals surface area contributed by atoms with E-state index in [0.717, 1.165) is 51.1 Å². The van der Waals surface area contributed by atoms with E-state index in [9.17, 15) is 5.11 Å². The molecule has 0 radical (unpaired) electrons. The molecule has 0 atom stereocenters. The Bertz CT molecular complexity index is 1720. The SMILES string of the molecule is CC(C)Cc1cc(-c2ccccn2)cc(-c2cccc3c2nc(-c2nc(C(C)(C)C)cc(C(C)(C)C)c2O)n3C)c1. The minimum Gasteiger partial charge on any atom is -0.505 e. The first kappa shape index (κ1) is 28.5. The lowest BCUT2D eigenvalue weighted by Gasteiger charge is -2.26. The molecular formula is C36H42N4O. The minimum absolute atomic E-state index is 0.184. The molecule has 0 fully saturated rings. The highest BCUT2D eigenvalue weighted by Gasteiger charge is 2.29. The predicted octanol–water partition coefficient (Wildman–Crippen LogP) is 8.86. The monoisotopic (exact) mass is 546 g/mol. The van der Waals surface area contributed by atoms with E-state index in [1.807, 2.05) is 31.4 Å². The molecule has 5 rings (SSSR count). The van der Waals surface area contributed by atoms with Crippen molar-refractivity contribution in [2.75, 3.05) is 0 Å². The molecule has 5 heteroatoms. The van der Waals surface area contributed by atoms with Crippen LogP contribution >= 0.6 is 0 Å². The van der Waals surface area contributed by atoms with Crippen LogP contribution in [-0.2, 0) is 24.3 Å². The molecule has 212 valence electrons. The van der Waals surface area contributed by atoms with E-state index < -0.39 is 0 Å². The molecule has 0 spiro atoms. The van der Waals surface area contributed by atoms with Crippen molar-refractivity contribution in [3.05, 3.63) is 83.7 Å². The smallest absolute Gasteiger partial charge is 0.163 e. The molecule has 0 saturated carbocycles. The second-order valence-corrected chi connectivity index (χ2v) is 13.7. The maximum Gasteiger partial charge on any atom is 0.163 e. The Kier molecular flexibility index (Phi) is 7.27. The predicted molar refractivity (Wildman–Crippen MR) is 170 cm³/mol. The second-order valence-electron chi connectivity index (χ2n) is 13.7. The molecule has 5 aromatic rings. The molecule has 5 nitrogen and oxygen atoms in total. The van der Waals surface area contributed by atoms with Crippen molar-refractivity contribution >= 4 is 11.0 Å². The first-order valence-corrected chi connectivity index (χ1v) is 14.5. The number of benzene rings is 2. The van der Waals surface area contributed by atoms with Gasteiger partial charge in [0.25, 0.3) is 0 Å². The van der Waals surface area contributed by atoms with E-state index in [4.69, 9.17) is 9.97 Å². The average molecular weight is 547 g/mol. The topological polar surface area (TPSA) is 63.8 Å². The van der Waals surface area contributed by atoms with Crippen molar-refractivity contribution in [2.24, 2.45) is 13.0 Å². The van der Waals surface area contributed by atoms with E-state index in [1.54, 1.807) is 0 Å². The molecular weight excluding hydrogens is 504 g/mol. The summed E-state index contributed by atoms with van der Waals surface area (Å²) in [5.41, 5.74) is 9.26. The molecule has 41 heavy (non-hydrogen) atoms. The van der Waals surface area contributed by atoms with Crippen LogP contribution in [0.4, 0.5) is 0 Å². The van der Waals surface area contributed by atoms with Crippen molar-refractivity contribution in [1.29, 1.82) is 0 Å². The van der Waals surface area contributed by atoms with E-state index in [2.05, 4.69) is 107 Å². The van der Waals surface area contributed by atoms with Crippen LogP contribution in [0.25, 0.3) is 44.9 Å². The van der Waals surface area contributed by atoms with Crippen LogP contribution in [0.1, 0.15) is 72.2 Å². The lowest BCUT2D eigenvalue weighted by molar-refractivity contribution is 0.441. The molecule has 0 bridgehead atoms. The Labute approximate surface area is 244 Å². The van der Waals surface area contributed by atoms with Crippen molar-refractivity contribution < 1.29 is 5.11 Å². The summed E-state index contributed by atoms with van der Waals surface area (Å²) in [6, 6.07) is 21.1. The van der Waals surface area contributed by atoms with Gasteiger partial charge in [-0.05, 0) is 65.3 Å². The number of aromatic nitrogens is 4. The number of para-hydroxylation sites is 1. The van der Waals surface area contributed by atoms with Gasteiger partial charge in [0, 0.05) is 41.0 Å². The number of nitrogens with zero attached hydrogens (tertiary/aromatic N) is 4. The third-order valence-electron chi connectivity index (χ3n) is 7.60. The van der Waals surface area contributed by atoms with Crippen molar-refractivity contribution in [2.45, 2.75) is 72.6 Å². The lowest BCUT2D eigenvalue weighted by atomic mass is 9.82. The number of aromatic hydroxyl groups is 1. The van der Waals surface area contributed by atoms with Crippen LogP contribution in [-0.4, -0.2) is 24.6 Å². The first-order valence-electron chi connectivity index (χ1n) is 14.5. The fourth-order valence-electron chi connectivity index (χ4n) is 5.43. The van der Waals surface area contributed by atoms with Gasteiger partial charge in [-0.25, -0.2) is 9.97 Å². The first-order chi connectivity index (χ1) is 19.2. The zero-order valence-corrected chi connectivity index (χ0v) is 25.9.